The molecule has 0 saturated carbocycles. The maximum Gasteiger partial charge on any atom is 0.410 e. The summed E-state index contributed by atoms with van der Waals surface area (Å²) in [6.07, 6.45) is 2.54. The van der Waals surface area contributed by atoms with Crippen LogP contribution in [0.15, 0.2) is 0 Å². The quantitative estimate of drug-likeness (QED) is 0.472. The van der Waals surface area contributed by atoms with E-state index >= 15 is 0 Å². The van der Waals surface area contributed by atoms with Gasteiger partial charge >= 0.3 is 12.1 Å². The van der Waals surface area contributed by atoms with Crippen LogP contribution in [0.1, 0.15) is 67.2 Å². The zero-order valence-electron chi connectivity index (χ0n) is 24.0. The van der Waals surface area contributed by atoms with Crippen molar-refractivity contribution in [3.8, 4) is 0 Å². The predicted octanol–water partition coefficient (Wildman–Crippen LogP) is 1.88. The summed E-state index contributed by atoms with van der Waals surface area (Å²) < 4.78 is 16.4. The van der Waals surface area contributed by atoms with Crippen molar-refractivity contribution in [3.63, 3.8) is 0 Å². The lowest BCUT2D eigenvalue weighted by Gasteiger charge is -2.42. The molecule has 11 nitrogen and oxygen atoms in total. The molecule has 3 heterocycles. The Hall–Kier alpha value is -2.40. The van der Waals surface area contributed by atoms with Crippen molar-refractivity contribution in [1.29, 1.82) is 0 Å². The smallest absolute Gasteiger partial charge is 0.410 e. The maximum atomic E-state index is 12.9. The van der Waals surface area contributed by atoms with Crippen LogP contribution >= 0.6 is 0 Å². The number of nitrogens with zero attached hydrogens (tertiary/aromatic N) is 4. The van der Waals surface area contributed by atoms with E-state index in [-0.39, 0.29) is 49.2 Å². The van der Waals surface area contributed by atoms with Crippen molar-refractivity contribution in [2.24, 2.45) is 0 Å². The largest absolute Gasteiger partial charge is 0.458 e. The lowest BCUT2D eigenvalue weighted by Crippen LogP contribution is -2.58. The Bertz CT molecular complexity index is 850. The van der Waals surface area contributed by atoms with Gasteiger partial charge in [-0.1, -0.05) is 0 Å². The molecule has 0 atom stereocenters. The third-order valence-corrected chi connectivity index (χ3v) is 6.96. The first-order valence-corrected chi connectivity index (χ1v) is 13.8. The topological polar surface area (TPSA) is 109 Å². The van der Waals surface area contributed by atoms with Gasteiger partial charge in [0.1, 0.15) is 17.8 Å². The van der Waals surface area contributed by atoms with E-state index in [4.69, 9.17) is 14.2 Å². The van der Waals surface area contributed by atoms with Crippen molar-refractivity contribution in [2.45, 2.75) is 90.6 Å². The molecule has 3 aliphatic heterocycles. The summed E-state index contributed by atoms with van der Waals surface area (Å²) in [6.45, 7) is 14.9. The highest BCUT2D eigenvalue weighted by atomic mass is 16.6. The first-order valence-electron chi connectivity index (χ1n) is 13.8. The molecule has 0 aliphatic carbocycles. The van der Waals surface area contributed by atoms with Gasteiger partial charge in [0.15, 0.2) is 0 Å². The SMILES string of the molecule is CC(C)(C)OC(=O)COC1CCN(C(=O)CN2CCN(C3CCN(C(=O)OC(C)(C)C)CC3)CC2=O)CC1. The average Bonchev–Trinajstić information content (AvgIpc) is 2.82. The minimum atomic E-state index is -0.543. The number of hydrogen-bond donors (Lipinski definition) is 0. The van der Waals surface area contributed by atoms with Gasteiger partial charge in [-0.2, -0.15) is 0 Å². The van der Waals surface area contributed by atoms with Crippen LogP contribution in [0, 0.1) is 0 Å². The van der Waals surface area contributed by atoms with Crippen molar-refractivity contribution < 1.29 is 33.4 Å². The number of esters is 1. The third-order valence-electron chi connectivity index (χ3n) is 6.96. The zero-order chi connectivity index (χ0) is 28.1. The summed E-state index contributed by atoms with van der Waals surface area (Å²) >= 11 is 0. The van der Waals surface area contributed by atoms with Gasteiger partial charge in [0.25, 0.3) is 0 Å². The molecule has 0 radical (unpaired) electrons. The van der Waals surface area contributed by atoms with Crippen LogP contribution in [0.25, 0.3) is 0 Å². The van der Waals surface area contributed by atoms with Gasteiger partial charge in [-0.3, -0.25) is 14.5 Å². The number of hydrogen-bond acceptors (Lipinski definition) is 8. The molecule has 38 heavy (non-hydrogen) atoms. The van der Waals surface area contributed by atoms with Gasteiger partial charge in [0.05, 0.1) is 19.2 Å². The van der Waals surface area contributed by atoms with Crippen LogP contribution < -0.4 is 0 Å². The first kappa shape index (κ1) is 30.1. The molecule has 0 bridgehead atoms. The molecule has 3 aliphatic rings. The molecule has 0 aromatic rings. The number of rotatable bonds is 6. The van der Waals surface area contributed by atoms with Crippen LogP contribution in [0.5, 0.6) is 0 Å². The second-order valence-corrected chi connectivity index (χ2v) is 12.5. The van der Waals surface area contributed by atoms with E-state index < -0.39 is 11.2 Å². The fourth-order valence-electron chi connectivity index (χ4n) is 5.04. The fourth-order valence-corrected chi connectivity index (χ4v) is 5.04. The molecule has 0 aromatic carbocycles. The molecule has 3 rings (SSSR count). The Labute approximate surface area is 226 Å². The lowest BCUT2D eigenvalue weighted by atomic mass is 10.0. The summed E-state index contributed by atoms with van der Waals surface area (Å²) in [5, 5.41) is 0. The first-order chi connectivity index (χ1) is 17.7. The highest BCUT2D eigenvalue weighted by Crippen LogP contribution is 2.21. The normalized spacial score (nSPS) is 21.0. The molecule has 3 saturated heterocycles. The Morgan fingerprint density at radius 2 is 1.37 bits per heavy atom. The van der Waals surface area contributed by atoms with E-state index in [1.807, 2.05) is 41.5 Å². The third kappa shape index (κ3) is 9.41. The number of piperidine rings is 2. The van der Waals surface area contributed by atoms with Crippen molar-refractivity contribution >= 4 is 23.9 Å². The van der Waals surface area contributed by atoms with Crippen LogP contribution in [-0.2, 0) is 28.6 Å². The van der Waals surface area contributed by atoms with E-state index in [9.17, 15) is 19.2 Å². The Balaban J connectivity index is 1.35. The second-order valence-electron chi connectivity index (χ2n) is 12.5. The minimum absolute atomic E-state index is 0.0326. The monoisotopic (exact) mass is 538 g/mol. The molecule has 0 unspecified atom stereocenters. The van der Waals surface area contributed by atoms with Crippen LogP contribution in [0.2, 0.25) is 0 Å². The minimum Gasteiger partial charge on any atom is -0.458 e. The Morgan fingerprint density at radius 3 is 1.92 bits per heavy atom. The number of ether oxygens (including phenoxy) is 3. The standard InChI is InChI=1S/C27H46N4O7/c1-26(2,3)37-24(34)19-36-21-9-13-28(14-10-21)22(32)18-31-16-15-30(17-23(31)33)20-7-11-29(12-8-20)25(35)38-27(4,5)6/h20-21H,7-19H2,1-6H3. The summed E-state index contributed by atoms with van der Waals surface area (Å²) in [6, 6.07) is 0.246. The number of amides is 3. The molecule has 0 spiro atoms. The number of piperazine rings is 1. The van der Waals surface area contributed by atoms with E-state index in [0.717, 1.165) is 19.4 Å². The second kappa shape index (κ2) is 12.6. The highest BCUT2D eigenvalue weighted by molar-refractivity contribution is 5.86. The zero-order valence-corrected chi connectivity index (χ0v) is 24.0. The van der Waals surface area contributed by atoms with Crippen LogP contribution in [0.4, 0.5) is 4.79 Å². The van der Waals surface area contributed by atoms with Gasteiger partial charge < -0.3 is 28.9 Å². The molecule has 3 fully saturated rings. The number of carbonyl (C=O) groups excluding carboxylic acids is 4. The molecular weight excluding hydrogens is 492 g/mol. The van der Waals surface area contributed by atoms with Crippen molar-refractivity contribution in [1.82, 2.24) is 19.6 Å². The number of carbonyl (C=O) groups is 4. The molecule has 0 N–H and O–H groups in total. The lowest BCUT2D eigenvalue weighted by molar-refractivity contribution is -0.163. The van der Waals surface area contributed by atoms with E-state index in [1.165, 1.54) is 0 Å². The predicted molar refractivity (Wildman–Crippen MR) is 140 cm³/mol. The summed E-state index contributed by atoms with van der Waals surface area (Å²) in [5.41, 5.74) is -1.06. The number of likely N-dealkylation sites (tertiary alicyclic amines) is 2. The molecular formula is C27H46N4O7. The molecule has 3 amide bonds. The summed E-state index contributed by atoms with van der Waals surface area (Å²) in [4.78, 5) is 57.3. The van der Waals surface area contributed by atoms with Gasteiger partial charge in [-0.25, -0.2) is 9.59 Å². The van der Waals surface area contributed by atoms with Gasteiger partial charge in [-0.15, -0.1) is 0 Å². The van der Waals surface area contributed by atoms with E-state index in [2.05, 4.69) is 4.90 Å². The average molecular weight is 539 g/mol. The molecule has 0 aromatic heterocycles. The molecule has 11 heteroatoms. The molecule has 216 valence electrons. The Kier molecular flexibility index (Phi) is 10.0. The van der Waals surface area contributed by atoms with Crippen LogP contribution in [0.3, 0.4) is 0 Å². The van der Waals surface area contributed by atoms with E-state index in [1.54, 1.807) is 14.7 Å². The summed E-state index contributed by atoms with van der Waals surface area (Å²) in [7, 11) is 0. The highest BCUT2D eigenvalue weighted by Gasteiger charge is 2.34. The van der Waals surface area contributed by atoms with Crippen molar-refractivity contribution in [3.05, 3.63) is 0 Å². The van der Waals surface area contributed by atoms with Gasteiger partial charge in [0, 0.05) is 45.3 Å². The Morgan fingerprint density at radius 1 is 0.789 bits per heavy atom. The van der Waals surface area contributed by atoms with Crippen LogP contribution in [-0.4, -0.2) is 126 Å². The summed E-state index contributed by atoms with van der Waals surface area (Å²) in [5.74, 6) is -0.472. The maximum absolute atomic E-state index is 12.9. The van der Waals surface area contributed by atoms with Crippen molar-refractivity contribution in [2.75, 3.05) is 59.0 Å². The van der Waals surface area contributed by atoms with E-state index in [0.29, 0.717) is 52.1 Å². The fraction of sp³-hybridized carbons (Fsp3) is 0.852. The van der Waals surface area contributed by atoms with Gasteiger partial charge in [-0.05, 0) is 67.2 Å². The van der Waals surface area contributed by atoms with Gasteiger partial charge in [0.2, 0.25) is 11.8 Å².